The van der Waals surface area contributed by atoms with Crippen LogP contribution in [0.4, 0.5) is 0 Å². The summed E-state index contributed by atoms with van der Waals surface area (Å²) in [7, 11) is 1.96. The first-order valence-electron chi connectivity index (χ1n) is 6.18. The summed E-state index contributed by atoms with van der Waals surface area (Å²) in [5.74, 6) is 0.547. The molecule has 3 heteroatoms. The number of carbonyl (C=O) groups is 1. The zero-order valence-electron chi connectivity index (χ0n) is 10.3. The van der Waals surface area contributed by atoms with Gasteiger partial charge >= 0.3 is 0 Å². The van der Waals surface area contributed by atoms with Crippen molar-refractivity contribution < 1.29 is 4.79 Å². The van der Waals surface area contributed by atoms with Gasteiger partial charge in [-0.2, -0.15) is 0 Å². The normalized spacial score (nSPS) is 21.7. The third-order valence-electron chi connectivity index (χ3n) is 3.50. The van der Waals surface area contributed by atoms with E-state index >= 15 is 0 Å². The molecule has 3 nitrogen and oxygen atoms in total. The van der Waals surface area contributed by atoms with E-state index in [2.05, 4.69) is 19.2 Å². The Kier molecular flexibility index (Phi) is 5.09. The molecule has 0 saturated carbocycles. The summed E-state index contributed by atoms with van der Waals surface area (Å²) in [5, 5.41) is 3.35. The van der Waals surface area contributed by atoms with Gasteiger partial charge in [-0.25, -0.2) is 0 Å². The summed E-state index contributed by atoms with van der Waals surface area (Å²) in [6, 6.07) is 0.409. The SMILES string of the molecule is CCC(CC)C(=O)N(C)C1CCCNC1. The van der Waals surface area contributed by atoms with E-state index in [1.165, 1.54) is 6.42 Å². The Balaban J connectivity index is 2.49. The Labute approximate surface area is 93.2 Å². The largest absolute Gasteiger partial charge is 0.341 e. The number of piperidine rings is 1. The van der Waals surface area contributed by atoms with Crippen LogP contribution < -0.4 is 5.32 Å². The van der Waals surface area contributed by atoms with Crippen molar-refractivity contribution >= 4 is 5.91 Å². The summed E-state index contributed by atoms with van der Waals surface area (Å²) in [6.07, 6.45) is 4.25. The van der Waals surface area contributed by atoms with E-state index in [0.717, 1.165) is 32.4 Å². The van der Waals surface area contributed by atoms with Gasteiger partial charge in [-0.1, -0.05) is 13.8 Å². The van der Waals surface area contributed by atoms with Gasteiger partial charge in [0.1, 0.15) is 0 Å². The van der Waals surface area contributed by atoms with Gasteiger partial charge in [0.15, 0.2) is 0 Å². The van der Waals surface area contributed by atoms with Gasteiger partial charge in [-0.05, 0) is 32.2 Å². The third kappa shape index (κ3) is 3.20. The van der Waals surface area contributed by atoms with E-state index in [9.17, 15) is 4.79 Å². The minimum Gasteiger partial charge on any atom is -0.341 e. The lowest BCUT2D eigenvalue weighted by Gasteiger charge is -2.33. The van der Waals surface area contributed by atoms with Crippen LogP contribution in [0.3, 0.4) is 0 Å². The predicted octanol–water partition coefficient (Wildman–Crippen LogP) is 1.63. The van der Waals surface area contributed by atoms with Crippen LogP contribution in [0, 0.1) is 5.92 Å². The second-order valence-corrected chi connectivity index (χ2v) is 4.46. The molecule has 0 radical (unpaired) electrons. The van der Waals surface area contributed by atoms with Crippen LogP contribution in [0.5, 0.6) is 0 Å². The van der Waals surface area contributed by atoms with Crippen LogP contribution in [0.15, 0.2) is 0 Å². The molecule has 0 aromatic carbocycles. The molecule has 0 aromatic rings. The van der Waals surface area contributed by atoms with Gasteiger partial charge in [0, 0.05) is 25.6 Å². The van der Waals surface area contributed by atoms with Crippen LogP contribution in [0.25, 0.3) is 0 Å². The van der Waals surface area contributed by atoms with E-state index in [0.29, 0.717) is 11.9 Å². The van der Waals surface area contributed by atoms with Crippen LogP contribution in [-0.4, -0.2) is 37.0 Å². The molecule has 1 atom stereocenters. The number of likely N-dealkylation sites (N-methyl/N-ethyl adjacent to an activating group) is 1. The van der Waals surface area contributed by atoms with E-state index < -0.39 is 0 Å². The number of rotatable bonds is 4. The molecule has 0 aliphatic carbocycles. The molecule has 1 aliphatic rings. The monoisotopic (exact) mass is 212 g/mol. The van der Waals surface area contributed by atoms with Crippen molar-refractivity contribution in [3.8, 4) is 0 Å². The van der Waals surface area contributed by atoms with Crippen LogP contribution >= 0.6 is 0 Å². The van der Waals surface area contributed by atoms with E-state index in [1.54, 1.807) is 0 Å². The number of nitrogens with one attached hydrogen (secondary N) is 1. The predicted molar refractivity (Wildman–Crippen MR) is 62.7 cm³/mol. The average molecular weight is 212 g/mol. The lowest BCUT2D eigenvalue weighted by atomic mass is 9.99. The standard InChI is InChI=1S/C12H24N2O/c1-4-10(5-2)12(15)14(3)11-7-6-8-13-9-11/h10-11,13H,4-9H2,1-3H3. The highest BCUT2D eigenvalue weighted by Crippen LogP contribution is 2.16. The number of hydrogen-bond acceptors (Lipinski definition) is 2. The summed E-state index contributed by atoms with van der Waals surface area (Å²) in [4.78, 5) is 14.1. The van der Waals surface area contributed by atoms with Gasteiger partial charge in [0.2, 0.25) is 5.91 Å². The van der Waals surface area contributed by atoms with Crippen LogP contribution in [0.1, 0.15) is 39.5 Å². The van der Waals surface area contributed by atoms with Crippen molar-refractivity contribution in [1.82, 2.24) is 10.2 Å². The molecule has 88 valence electrons. The first-order chi connectivity index (χ1) is 7.20. The van der Waals surface area contributed by atoms with Crippen molar-refractivity contribution in [2.75, 3.05) is 20.1 Å². The Hall–Kier alpha value is -0.570. The summed E-state index contributed by atoms with van der Waals surface area (Å²) < 4.78 is 0. The topological polar surface area (TPSA) is 32.3 Å². The van der Waals surface area contributed by atoms with Crippen molar-refractivity contribution in [3.05, 3.63) is 0 Å². The number of nitrogens with zero attached hydrogens (tertiary/aromatic N) is 1. The molecule has 1 amide bonds. The minimum absolute atomic E-state index is 0.219. The van der Waals surface area contributed by atoms with Crippen LogP contribution in [0.2, 0.25) is 0 Å². The Morgan fingerprint density at radius 1 is 1.47 bits per heavy atom. The Bertz CT molecular complexity index is 196. The number of carbonyl (C=O) groups excluding carboxylic acids is 1. The number of amides is 1. The molecular formula is C12H24N2O. The fourth-order valence-electron chi connectivity index (χ4n) is 2.27. The molecule has 1 heterocycles. The fourth-order valence-corrected chi connectivity index (χ4v) is 2.27. The lowest BCUT2D eigenvalue weighted by Crippen LogP contribution is -2.48. The van der Waals surface area contributed by atoms with Gasteiger partial charge in [-0.3, -0.25) is 4.79 Å². The van der Waals surface area contributed by atoms with Gasteiger partial charge in [0.25, 0.3) is 0 Å². The zero-order chi connectivity index (χ0) is 11.3. The van der Waals surface area contributed by atoms with Crippen molar-refractivity contribution in [1.29, 1.82) is 0 Å². The van der Waals surface area contributed by atoms with Gasteiger partial charge in [0.05, 0.1) is 0 Å². The molecule has 1 fully saturated rings. The first-order valence-corrected chi connectivity index (χ1v) is 6.18. The molecule has 0 aromatic heterocycles. The third-order valence-corrected chi connectivity index (χ3v) is 3.50. The second-order valence-electron chi connectivity index (χ2n) is 4.46. The number of hydrogen-bond donors (Lipinski definition) is 1. The molecule has 1 aliphatic heterocycles. The van der Waals surface area contributed by atoms with Crippen molar-refractivity contribution in [3.63, 3.8) is 0 Å². The maximum absolute atomic E-state index is 12.1. The molecule has 1 saturated heterocycles. The second kappa shape index (κ2) is 6.11. The fraction of sp³-hybridized carbons (Fsp3) is 0.917. The Morgan fingerprint density at radius 2 is 2.13 bits per heavy atom. The molecule has 1 rings (SSSR count). The average Bonchev–Trinajstić information content (AvgIpc) is 2.30. The molecule has 15 heavy (non-hydrogen) atoms. The maximum Gasteiger partial charge on any atom is 0.225 e. The maximum atomic E-state index is 12.1. The van der Waals surface area contributed by atoms with Gasteiger partial charge < -0.3 is 10.2 Å². The highest BCUT2D eigenvalue weighted by molar-refractivity contribution is 5.78. The quantitative estimate of drug-likeness (QED) is 0.768. The lowest BCUT2D eigenvalue weighted by molar-refractivity contribution is -0.136. The molecule has 0 bridgehead atoms. The molecule has 0 spiro atoms. The van der Waals surface area contributed by atoms with Crippen molar-refractivity contribution in [2.24, 2.45) is 5.92 Å². The van der Waals surface area contributed by atoms with Crippen molar-refractivity contribution in [2.45, 2.75) is 45.6 Å². The van der Waals surface area contributed by atoms with E-state index in [4.69, 9.17) is 0 Å². The molecule has 1 unspecified atom stereocenters. The summed E-state index contributed by atoms with van der Waals surface area (Å²) in [6.45, 7) is 6.25. The summed E-state index contributed by atoms with van der Waals surface area (Å²) >= 11 is 0. The zero-order valence-corrected chi connectivity index (χ0v) is 10.3. The first kappa shape index (κ1) is 12.5. The smallest absolute Gasteiger partial charge is 0.225 e. The highest BCUT2D eigenvalue weighted by atomic mass is 16.2. The summed E-state index contributed by atoms with van der Waals surface area (Å²) in [5.41, 5.74) is 0. The van der Waals surface area contributed by atoms with Crippen LogP contribution in [-0.2, 0) is 4.79 Å². The molecular weight excluding hydrogens is 188 g/mol. The minimum atomic E-state index is 0.219. The Morgan fingerprint density at radius 3 is 2.60 bits per heavy atom. The molecule has 1 N–H and O–H groups in total. The van der Waals surface area contributed by atoms with Gasteiger partial charge in [-0.15, -0.1) is 0 Å². The van der Waals surface area contributed by atoms with E-state index in [1.807, 2.05) is 11.9 Å². The highest BCUT2D eigenvalue weighted by Gasteiger charge is 2.25. The van der Waals surface area contributed by atoms with E-state index in [-0.39, 0.29) is 5.92 Å².